The summed E-state index contributed by atoms with van der Waals surface area (Å²) in [4.78, 5) is 11.5. The van der Waals surface area contributed by atoms with E-state index in [2.05, 4.69) is 5.32 Å². The largest absolute Gasteiger partial charge is 0.481 e. The van der Waals surface area contributed by atoms with E-state index in [9.17, 15) is 14.3 Å². The molecular weight excluding hydrogens is 249 g/mol. The molecule has 0 aliphatic rings. The second-order valence-electron chi connectivity index (χ2n) is 5.01. The number of rotatable bonds is 6. The summed E-state index contributed by atoms with van der Waals surface area (Å²) in [5.41, 5.74) is -0.979. The Kier molecular flexibility index (Phi) is 5.30. The number of carbonyl (C=O) groups excluding carboxylic acids is 1. The van der Waals surface area contributed by atoms with E-state index < -0.39 is 17.3 Å². The van der Waals surface area contributed by atoms with Crippen LogP contribution in [0.2, 0.25) is 0 Å². The number of para-hydroxylation sites is 1. The van der Waals surface area contributed by atoms with Gasteiger partial charge < -0.3 is 15.2 Å². The predicted molar refractivity (Wildman–Crippen MR) is 70.4 cm³/mol. The predicted octanol–water partition coefficient (Wildman–Crippen LogP) is 1.73. The number of ether oxygens (including phenoxy) is 1. The first-order valence-electron chi connectivity index (χ1n) is 6.19. The minimum absolute atomic E-state index is 0.0142. The highest BCUT2D eigenvalue weighted by Crippen LogP contribution is 2.16. The van der Waals surface area contributed by atoms with Gasteiger partial charge in [-0.2, -0.15) is 0 Å². The molecule has 0 saturated heterocycles. The minimum Gasteiger partial charge on any atom is -0.481 e. The molecule has 0 radical (unpaired) electrons. The topological polar surface area (TPSA) is 58.6 Å². The number of hydrogen-bond acceptors (Lipinski definition) is 3. The van der Waals surface area contributed by atoms with Crippen molar-refractivity contribution in [1.82, 2.24) is 5.32 Å². The third-order valence-electron chi connectivity index (χ3n) is 3.08. The molecule has 1 aromatic carbocycles. The van der Waals surface area contributed by atoms with Crippen LogP contribution in [0, 0.1) is 11.7 Å². The molecule has 1 unspecified atom stereocenters. The van der Waals surface area contributed by atoms with Crippen molar-refractivity contribution >= 4 is 5.91 Å². The van der Waals surface area contributed by atoms with Gasteiger partial charge in [0, 0.05) is 6.54 Å². The number of nitrogens with one attached hydrogen (secondary N) is 1. The van der Waals surface area contributed by atoms with E-state index in [0.717, 1.165) is 0 Å². The van der Waals surface area contributed by atoms with Crippen molar-refractivity contribution in [3.63, 3.8) is 0 Å². The number of aliphatic hydroxyl groups is 1. The molecule has 1 atom stereocenters. The summed E-state index contributed by atoms with van der Waals surface area (Å²) in [5, 5.41) is 12.5. The zero-order chi connectivity index (χ0) is 14.5. The zero-order valence-electron chi connectivity index (χ0n) is 11.4. The average Bonchev–Trinajstić information content (AvgIpc) is 2.35. The van der Waals surface area contributed by atoms with Gasteiger partial charge in [-0.1, -0.05) is 26.0 Å². The number of hydrogen-bond donors (Lipinski definition) is 2. The fourth-order valence-corrected chi connectivity index (χ4v) is 1.24. The lowest BCUT2D eigenvalue weighted by atomic mass is 9.93. The SMILES string of the molecule is CC(C)C(C)(O)CNC(=O)COc1ccccc1F. The summed E-state index contributed by atoms with van der Waals surface area (Å²) in [7, 11) is 0. The molecule has 1 rings (SSSR count). The van der Waals surface area contributed by atoms with Crippen LogP contribution >= 0.6 is 0 Å². The van der Waals surface area contributed by atoms with Gasteiger partial charge in [-0.05, 0) is 25.0 Å². The highest BCUT2D eigenvalue weighted by Gasteiger charge is 2.25. The van der Waals surface area contributed by atoms with Crippen LogP contribution in [-0.4, -0.2) is 29.8 Å². The van der Waals surface area contributed by atoms with Crippen LogP contribution in [0.4, 0.5) is 4.39 Å². The summed E-state index contributed by atoms with van der Waals surface area (Å²) in [6.07, 6.45) is 0. The van der Waals surface area contributed by atoms with E-state index in [1.54, 1.807) is 19.1 Å². The molecule has 1 aromatic rings. The molecule has 0 aromatic heterocycles. The molecule has 19 heavy (non-hydrogen) atoms. The summed E-state index contributed by atoms with van der Waals surface area (Å²) in [6.45, 7) is 5.22. The molecule has 0 saturated carbocycles. The summed E-state index contributed by atoms with van der Waals surface area (Å²) < 4.78 is 18.3. The summed E-state index contributed by atoms with van der Waals surface area (Å²) in [5.74, 6) is -0.859. The van der Waals surface area contributed by atoms with Gasteiger partial charge in [0.1, 0.15) is 0 Å². The lowest BCUT2D eigenvalue weighted by molar-refractivity contribution is -0.124. The molecule has 0 aliphatic carbocycles. The second kappa shape index (κ2) is 6.52. The number of amides is 1. The zero-order valence-corrected chi connectivity index (χ0v) is 11.4. The van der Waals surface area contributed by atoms with E-state index in [1.165, 1.54) is 12.1 Å². The molecule has 1 amide bonds. The van der Waals surface area contributed by atoms with Gasteiger partial charge in [0.25, 0.3) is 5.91 Å². The molecule has 0 spiro atoms. The lowest BCUT2D eigenvalue weighted by Gasteiger charge is -2.27. The Morgan fingerprint density at radius 3 is 2.68 bits per heavy atom. The van der Waals surface area contributed by atoms with E-state index in [-0.39, 0.29) is 24.8 Å². The Hall–Kier alpha value is -1.62. The molecule has 4 nitrogen and oxygen atoms in total. The summed E-state index contributed by atoms with van der Waals surface area (Å²) >= 11 is 0. The Labute approximate surface area is 112 Å². The van der Waals surface area contributed by atoms with Crippen molar-refractivity contribution in [2.45, 2.75) is 26.4 Å². The van der Waals surface area contributed by atoms with E-state index in [1.807, 2.05) is 13.8 Å². The van der Waals surface area contributed by atoms with Crippen molar-refractivity contribution in [1.29, 1.82) is 0 Å². The Balaban J connectivity index is 2.39. The molecule has 0 bridgehead atoms. The van der Waals surface area contributed by atoms with Crippen molar-refractivity contribution in [2.75, 3.05) is 13.2 Å². The van der Waals surface area contributed by atoms with Crippen LogP contribution in [0.3, 0.4) is 0 Å². The monoisotopic (exact) mass is 269 g/mol. The Morgan fingerprint density at radius 1 is 1.47 bits per heavy atom. The van der Waals surface area contributed by atoms with Gasteiger partial charge >= 0.3 is 0 Å². The normalized spacial score (nSPS) is 14.0. The van der Waals surface area contributed by atoms with Crippen molar-refractivity contribution in [3.8, 4) is 5.75 Å². The first-order chi connectivity index (χ1) is 8.83. The molecule has 2 N–H and O–H groups in total. The maximum Gasteiger partial charge on any atom is 0.258 e. The van der Waals surface area contributed by atoms with E-state index in [4.69, 9.17) is 4.74 Å². The first-order valence-corrected chi connectivity index (χ1v) is 6.19. The third kappa shape index (κ3) is 4.87. The van der Waals surface area contributed by atoms with Crippen molar-refractivity contribution in [2.24, 2.45) is 5.92 Å². The van der Waals surface area contributed by atoms with Gasteiger partial charge in [0.05, 0.1) is 5.60 Å². The molecule has 5 heteroatoms. The van der Waals surface area contributed by atoms with Crippen LogP contribution < -0.4 is 10.1 Å². The minimum atomic E-state index is -0.979. The first kappa shape index (κ1) is 15.4. The van der Waals surface area contributed by atoms with Gasteiger partial charge in [0.2, 0.25) is 0 Å². The van der Waals surface area contributed by atoms with Gasteiger partial charge in [0.15, 0.2) is 18.2 Å². The van der Waals surface area contributed by atoms with Crippen LogP contribution in [0.1, 0.15) is 20.8 Å². The van der Waals surface area contributed by atoms with Crippen LogP contribution in [0.15, 0.2) is 24.3 Å². The average molecular weight is 269 g/mol. The van der Waals surface area contributed by atoms with Crippen molar-refractivity contribution in [3.05, 3.63) is 30.1 Å². The van der Waals surface area contributed by atoms with Crippen LogP contribution in [-0.2, 0) is 4.79 Å². The standard InChI is InChI=1S/C14H20FNO3/c1-10(2)14(3,18)9-16-13(17)8-19-12-7-5-4-6-11(12)15/h4-7,10,18H,8-9H2,1-3H3,(H,16,17). The second-order valence-corrected chi connectivity index (χ2v) is 5.01. The van der Waals surface area contributed by atoms with Crippen LogP contribution in [0.25, 0.3) is 0 Å². The van der Waals surface area contributed by atoms with Gasteiger partial charge in [-0.25, -0.2) is 4.39 Å². The Morgan fingerprint density at radius 2 is 2.11 bits per heavy atom. The number of benzene rings is 1. The molecule has 106 valence electrons. The quantitative estimate of drug-likeness (QED) is 0.827. The molecule has 0 heterocycles. The van der Waals surface area contributed by atoms with E-state index in [0.29, 0.717) is 0 Å². The van der Waals surface area contributed by atoms with Crippen molar-refractivity contribution < 1.29 is 19.0 Å². The highest BCUT2D eigenvalue weighted by atomic mass is 19.1. The number of carbonyl (C=O) groups is 1. The maximum atomic E-state index is 13.2. The van der Waals surface area contributed by atoms with E-state index >= 15 is 0 Å². The fraction of sp³-hybridized carbons (Fsp3) is 0.500. The maximum absolute atomic E-state index is 13.2. The van der Waals surface area contributed by atoms with Crippen LogP contribution in [0.5, 0.6) is 5.75 Å². The molecule has 0 fully saturated rings. The molecular formula is C14H20FNO3. The lowest BCUT2D eigenvalue weighted by Crippen LogP contribution is -2.45. The van der Waals surface area contributed by atoms with Gasteiger partial charge in [-0.3, -0.25) is 4.79 Å². The highest BCUT2D eigenvalue weighted by molar-refractivity contribution is 5.77. The fourth-order valence-electron chi connectivity index (χ4n) is 1.24. The summed E-state index contributed by atoms with van der Waals surface area (Å²) in [6, 6.07) is 5.88. The molecule has 0 aliphatic heterocycles. The third-order valence-corrected chi connectivity index (χ3v) is 3.08. The van der Waals surface area contributed by atoms with Gasteiger partial charge in [-0.15, -0.1) is 0 Å². The Bertz CT molecular complexity index is 432. The number of halogens is 1. The smallest absolute Gasteiger partial charge is 0.258 e.